The first-order valence-electron chi connectivity index (χ1n) is 5.78. The molecule has 0 aliphatic heterocycles. The summed E-state index contributed by atoms with van der Waals surface area (Å²) in [5.41, 5.74) is 4.74. The van der Waals surface area contributed by atoms with Crippen LogP contribution in [0.1, 0.15) is 32.6 Å². The third kappa shape index (κ3) is 3.89. The summed E-state index contributed by atoms with van der Waals surface area (Å²) in [6.07, 6.45) is 2.87. The second kappa shape index (κ2) is 5.94. The Kier molecular flexibility index (Phi) is 5.06. The number of nitrogens with one attached hydrogen (secondary N) is 1. The Hall–Kier alpha value is -0.730. The zero-order chi connectivity index (χ0) is 13.8. The second-order valence-electron chi connectivity index (χ2n) is 4.32. The van der Waals surface area contributed by atoms with Gasteiger partial charge < -0.3 is 10.5 Å². The minimum atomic E-state index is -3.78. The Morgan fingerprint density at radius 3 is 2.44 bits per heavy atom. The highest BCUT2D eigenvalue weighted by molar-refractivity contribution is 7.90. The highest BCUT2D eigenvalue weighted by Gasteiger charge is 2.40. The average molecular weight is 294 g/mol. The molecule has 0 bridgehead atoms. The molecule has 3 N–H and O–H groups in total. The molecule has 1 aliphatic rings. The van der Waals surface area contributed by atoms with Gasteiger partial charge >= 0.3 is 5.97 Å². The van der Waals surface area contributed by atoms with E-state index >= 15 is 0 Å². The summed E-state index contributed by atoms with van der Waals surface area (Å²) in [4.78, 5) is 11.3. The van der Waals surface area contributed by atoms with Gasteiger partial charge in [0.1, 0.15) is 0 Å². The highest BCUT2D eigenvalue weighted by Crippen LogP contribution is 2.30. The molecule has 0 amide bonds. The van der Waals surface area contributed by atoms with E-state index in [1.54, 1.807) is 6.92 Å². The van der Waals surface area contributed by atoms with Crippen molar-refractivity contribution in [2.24, 2.45) is 5.73 Å². The molecule has 0 radical (unpaired) electrons. The lowest BCUT2D eigenvalue weighted by Crippen LogP contribution is -2.55. The van der Waals surface area contributed by atoms with Crippen molar-refractivity contribution in [2.45, 2.75) is 38.1 Å². The molecule has 0 aromatic carbocycles. The molecule has 6 nitrogen and oxygen atoms in total. The summed E-state index contributed by atoms with van der Waals surface area (Å²) in [7, 11) is -3.78. The van der Waals surface area contributed by atoms with Gasteiger partial charge in [-0.2, -0.15) is 0 Å². The molecule has 0 saturated heterocycles. The van der Waals surface area contributed by atoms with Crippen molar-refractivity contribution < 1.29 is 17.9 Å². The van der Waals surface area contributed by atoms with Gasteiger partial charge in [-0.1, -0.05) is 25.1 Å². The smallest absolute Gasteiger partial charge is 0.322 e. The molecular weight excluding hydrogens is 276 g/mol. The standard InChI is InChI=1S/C10H18N2O4S2/c1-2-16-8(13)7-18(14,15)12-10(9(11)17)5-3-4-6-10/h12H,2-7H2,1H3,(H2,11,17). The van der Waals surface area contributed by atoms with Crippen LogP contribution in [0.25, 0.3) is 0 Å². The molecule has 104 valence electrons. The summed E-state index contributed by atoms with van der Waals surface area (Å²) in [5.74, 6) is -1.48. The summed E-state index contributed by atoms with van der Waals surface area (Å²) >= 11 is 4.93. The molecule has 0 heterocycles. The fourth-order valence-electron chi connectivity index (χ4n) is 2.07. The normalized spacial score (nSPS) is 18.5. The van der Waals surface area contributed by atoms with Gasteiger partial charge in [-0.25, -0.2) is 13.1 Å². The van der Waals surface area contributed by atoms with Gasteiger partial charge in [0, 0.05) is 0 Å². The zero-order valence-electron chi connectivity index (χ0n) is 10.3. The van der Waals surface area contributed by atoms with E-state index in [2.05, 4.69) is 9.46 Å². The largest absolute Gasteiger partial charge is 0.465 e. The van der Waals surface area contributed by atoms with Crippen LogP contribution in [0.15, 0.2) is 0 Å². The Morgan fingerprint density at radius 1 is 1.44 bits per heavy atom. The van der Waals surface area contributed by atoms with Crippen molar-refractivity contribution in [2.75, 3.05) is 12.4 Å². The van der Waals surface area contributed by atoms with Gasteiger partial charge in [-0.05, 0) is 19.8 Å². The topological polar surface area (TPSA) is 98.5 Å². The van der Waals surface area contributed by atoms with Crippen molar-refractivity contribution in [3.05, 3.63) is 0 Å². The fourth-order valence-corrected chi connectivity index (χ4v) is 3.76. The number of rotatable bonds is 6. The van der Waals surface area contributed by atoms with E-state index in [1.807, 2.05) is 0 Å². The first-order chi connectivity index (χ1) is 8.31. The van der Waals surface area contributed by atoms with Crippen molar-refractivity contribution in [3.63, 3.8) is 0 Å². The van der Waals surface area contributed by atoms with Gasteiger partial charge in [-0.3, -0.25) is 4.79 Å². The van der Waals surface area contributed by atoms with E-state index in [-0.39, 0.29) is 11.6 Å². The number of carbonyl (C=O) groups is 1. The predicted molar refractivity (Wildman–Crippen MR) is 71.5 cm³/mol. The molecule has 0 unspecified atom stereocenters. The lowest BCUT2D eigenvalue weighted by molar-refractivity contribution is -0.139. The van der Waals surface area contributed by atoms with E-state index in [4.69, 9.17) is 18.0 Å². The number of hydrogen-bond donors (Lipinski definition) is 2. The highest BCUT2D eigenvalue weighted by atomic mass is 32.2. The van der Waals surface area contributed by atoms with Crippen molar-refractivity contribution >= 4 is 33.2 Å². The lowest BCUT2D eigenvalue weighted by Gasteiger charge is -2.28. The van der Waals surface area contributed by atoms with Crippen LogP contribution < -0.4 is 10.5 Å². The minimum absolute atomic E-state index is 0.132. The van der Waals surface area contributed by atoms with Crippen LogP contribution in [0.3, 0.4) is 0 Å². The van der Waals surface area contributed by atoms with Gasteiger partial charge in [-0.15, -0.1) is 0 Å². The van der Waals surface area contributed by atoms with Crippen molar-refractivity contribution in [1.29, 1.82) is 0 Å². The molecule has 0 spiro atoms. The maximum absolute atomic E-state index is 11.9. The Balaban J connectivity index is 2.75. The number of esters is 1. The molecule has 0 aromatic heterocycles. The number of sulfonamides is 1. The Morgan fingerprint density at radius 2 is 2.00 bits per heavy atom. The van der Waals surface area contributed by atoms with E-state index in [9.17, 15) is 13.2 Å². The van der Waals surface area contributed by atoms with Crippen LogP contribution in [-0.2, 0) is 19.6 Å². The molecule has 1 fully saturated rings. The minimum Gasteiger partial charge on any atom is -0.465 e. The summed E-state index contributed by atoms with van der Waals surface area (Å²) in [6.45, 7) is 1.76. The number of ether oxygens (including phenoxy) is 1. The van der Waals surface area contributed by atoms with Crippen LogP contribution in [0.5, 0.6) is 0 Å². The lowest BCUT2D eigenvalue weighted by atomic mass is 10.00. The van der Waals surface area contributed by atoms with E-state index in [0.717, 1.165) is 12.8 Å². The number of thiocarbonyl (C=S) groups is 1. The van der Waals surface area contributed by atoms with E-state index < -0.39 is 27.3 Å². The van der Waals surface area contributed by atoms with Gasteiger partial charge in [0.2, 0.25) is 10.0 Å². The van der Waals surface area contributed by atoms with Gasteiger partial charge in [0.05, 0.1) is 17.1 Å². The zero-order valence-corrected chi connectivity index (χ0v) is 11.9. The summed E-state index contributed by atoms with van der Waals surface area (Å²) in [5, 5.41) is 0. The van der Waals surface area contributed by atoms with E-state index in [0.29, 0.717) is 12.8 Å². The van der Waals surface area contributed by atoms with Gasteiger partial charge in [0.25, 0.3) is 0 Å². The summed E-state index contributed by atoms with van der Waals surface area (Å²) < 4.78 is 30.8. The van der Waals surface area contributed by atoms with Crippen LogP contribution in [0.4, 0.5) is 0 Å². The SMILES string of the molecule is CCOC(=O)CS(=O)(=O)NC1(C(N)=S)CCCC1. The van der Waals surface area contributed by atoms with Crippen LogP contribution >= 0.6 is 12.2 Å². The monoisotopic (exact) mass is 294 g/mol. The van der Waals surface area contributed by atoms with Crippen molar-refractivity contribution in [3.8, 4) is 0 Å². The quantitative estimate of drug-likeness (QED) is 0.531. The number of nitrogens with two attached hydrogens (primary N) is 1. The molecule has 8 heteroatoms. The van der Waals surface area contributed by atoms with E-state index in [1.165, 1.54) is 0 Å². The van der Waals surface area contributed by atoms with Crippen LogP contribution in [-0.4, -0.2) is 37.3 Å². The third-order valence-corrected chi connectivity index (χ3v) is 4.60. The molecule has 18 heavy (non-hydrogen) atoms. The van der Waals surface area contributed by atoms with Crippen LogP contribution in [0, 0.1) is 0 Å². The maximum Gasteiger partial charge on any atom is 0.322 e. The first kappa shape index (κ1) is 15.3. The molecule has 1 saturated carbocycles. The molecule has 0 atom stereocenters. The summed E-state index contributed by atoms with van der Waals surface area (Å²) in [6, 6.07) is 0. The maximum atomic E-state index is 11.9. The third-order valence-electron chi connectivity index (χ3n) is 2.89. The Bertz CT molecular complexity index is 427. The first-order valence-corrected chi connectivity index (χ1v) is 7.84. The average Bonchev–Trinajstić information content (AvgIpc) is 2.65. The molecular formula is C10H18N2O4S2. The number of hydrogen-bond acceptors (Lipinski definition) is 5. The fraction of sp³-hybridized carbons (Fsp3) is 0.800. The Labute approximate surface area is 112 Å². The molecule has 0 aromatic rings. The van der Waals surface area contributed by atoms with Crippen LogP contribution in [0.2, 0.25) is 0 Å². The predicted octanol–water partition coefficient (Wildman–Crippen LogP) is 0.0678. The second-order valence-corrected chi connectivity index (χ2v) is 6.48. The van der Waals surface area contributed by atoms with Gasteiger partial charge in [0.15, 0.2) is 5.75 Å². The number of carbonyl (C=O) groups excluding carboxylic acids is 1. The van der Waals surface area contributed by atoms with Crippen molar-refractivity contribution in [1.82, 2.24) is 4.72 Å². The molecule has 1 aliphatic carbocycles. The molecule has 1 rings (SSSR count).